The van der Waals surface area contributed by atoms with Crippen LogP contribution in [0.5, 0.6) is 0 Å². The molecule has 0 heterocycles. The van der Waals surface area contributed by atoms with Crippen LogP contribution in [-0.2, 0) is 21.1 Å². The Morgan fingerprint density at radius 3 is 2.58 bits per heavy atom. The van der Waals surface area contributed by atoms with Crippen LogP contribution in [0, 0.1) is 6.92 Å². The van der Waals surface area contributed by atoms with Gasteiger partial charge in [-0.2, -0.15) is 0 Å². The second-order valence-corrected chi connectivity index (χ2v) is 8.35. The molecule has 0 saturated carbocycles. The summed E-state index contributed by atoms with van der Waals surface area (Å²) in [5, 5.41) is 2.96. The summed E-state index contributed by atoms with van der Waals surface area (Å²) < 4.78 is 24.6. The molecular weight excluding hydrogens is 322 g/mol. The van der Waals surface area contributed by atoms with E-state index in [-0.39, 0.29) is 29.0 Å². The maximum atomic E-state index is 12.3. The van der Waals surface area contributed by atoms with Gasteiger partial charge in [0.15, 0.2) is 9.84 Å². The smallest absolute Gasteiger partial charge is 0.221 e. The second-order valence-electron chi connectivity index (χ2n) is 6.24. The SMILES string of the molecule is Cc1ccc(S(=O)(=O)CCC(=O)N[C@@H]2CCc3ccccc32)cc1. The van der Waals surface area contributed by atoms with E-state index >= 15 is 0 Å². The number of carbonyl (C=O) groups excluding carboxylic acids is 1. The van der Waals surface area contributed by atoms with Gasteiger partial charge in [0, 0.05) is 6.42 Å². The van der Waals surface area contributed by atoms with Crippen molar-refractivity contribution in [3.63, 3.8) is 0 Å². The maximum absolute atomic E-state index is 12.3. The number of benzene rings is 2. The largest absolute Gasteiger partial charge is 0.349 e. The molecule has 126 valence electrons. The second kappa shape index (κ2) is 6.77. The molecule has 0 radical (unpaired) electrons. The molecule has 5 heteroatoms. The number of sulfone groups is 1. The van der Waals surface area contributed by atoms with Crippen molar-refractivity contribution in [1.82, 2.24) is 5.32 Å². The van der Waals surface area contributed by atoms with Crippen molar-refractivity contribution in [2.45, 2.75) is 37.1 Å². The van der Waals surface area contributed by atoms with Crippen molar-refractivity contribution < 1.29 is 13.2 Å². The Labute approximate surface area is 142 Å². The number of carbonyl (C=O) groups is 1. The molecule has 4 nitrogen and oxygen atoms in total. The molecule has 0 fully saturated rings. The third kappa shape index (κ3) is 3.67. The highest BCUT2D eigenvalue weighted by molar-refractivity contribution is 7.91. The van der Waals surface area contributed by atoms with Crippen molar-refractivity contribution in [3.8, 4) is 0 Å². The topological polar surface area (TPSA) is 63.2 Å². The van der Waals surface area contributed by atoms with E-state index in [0.29, 0.717) is 0 Å². The van der Waals surface area contributed by atoms with Crippen LogP contribution in [0.2, 0.25) is 0 Å². The number of hydrogen-bond acceptors (Lipinski definition) is 3. The summed E-state index contributed by atoms with van der Waals surface area (Å²) in [7, 11) is -3.43. The number of nitrogens with one attached hydrogen (secondary N) is 1. The monoisotopic (exact) mass is 343 g/mol. The van der Waals surface area contributed by atoms with Gasteiger partial charge in [-0.05, 0) is 43.0 Å². The van der Waals surface area contributed by atoms with E-state index in [9.17, 15) is 13.2 Å². The predicted octanol–water partition coefficient (Wildman–Crippen LogP) is 2.96. The van der Waals surface area contributed by atoms with Crippen molar-refractivity contribution in [3.05, 3.63) is 65.2 Å². The predicted molar refractivity (Wildman–Crippen MR) is 93.5 cm³/mol. The third-order valence-electron chi connectivity index (χ3n) is 4.45. The van der Waals surface area contributed by atoms with Gasteiger partial charge in [0.05, 0.1) is 16.7 Å². The summed E-state index contributed by atoms with van der Waals surface area (Å²) >= 11 is 0. The first-order valence-corrected chi connectivity index (χ1v) is 9.77. The Bertz CT molecular complexity index is 841. The standard InChI is InChI=1S/C19H21NO3S/c1-14-6-9-16(10-7-14)24(22,23)13-12-19(21)20-18-11-8-15-4-2-3-5-17(15)18/h2-7,9-10,18H,8,11-13H2,1H3,(H,20,21)/t18-/m1/s1. The van der Waals surface area contributed by atoms with E-state index < -0.39 is 9.84 Å². The fraction of sp³-hybridized carbons (Fsp3) is 0.316. The maximum Gasteiger partial charge on any atom is 0.221 e. The molecule has 0 spiro atoms. The normalized spacial score (nSPS) is 16.6. The first kappa shape index (κ1) is 16.7. The first-order chi connectivity index (χ1) is 11.5. The van der Waals surface area contributed by atoms with Crippen LogP contribution < -0.4 is 5.32 Å². The summed E-state index contributed by atoms with van der Waals surface area (Å²) in [5.74, 6) is -0.386. The van der Waals surface area contributed by atoms with Crippen LogP contribution in [0.15, 0.2) is 53.4 Å². The molecule has 2 aromatic rings. The van der Waals surface area contributed by atoms with E-state index in [0.717, 1.165) is 24.0 Å². The zero-order valence-electron chi connectivity index (χ0n) is 13.7. The molecule has 0 bridgehead atoms. The third-order valence-corrected chi connectivity index (χ3v) is 6.18. The summed E-state index contributed by atoms with van der Waals surface area (Å²) in [6.07, 6.45) is 1.80. The molecule has 0 aliphatic heterocycles. The van der Waals surface area contributed by atoms with Crippen molar-refractivity contribution >= 4 is 15.7 Å². The van der Waals surface area contributed by atoms with Gasteiger partial charge >= 0.3 is 0 Å². The highest BCUT2D eigenvalue weighted by Crippen LogP contribution is 2.30. The molecule has 1 amide bonds. The first-order valence-electron chi connectivity index (χ1n) is 8.12. The number of amides is 1. The minimum Gasteiger partial charge on any atom is -0.349 e. The fourth-order valence-electron chi connectivity index (χ4n) is 3.06. The Hall–Kier alpha value is -2.14. The highest BCUT2D eigenvalue weighted by atomic mass is 32.2. The van der Waals surface area contributed by atoms with Crippen LogP contribution >= 0.6 is 0 Å². The van der Waals surface area contributed by atoms with Crippen LogP contribution in [0.25, 0.3) is 0 Å². The van der Waals surface area contributed by atoms with Crippen molar-refractivity contribution in [2.24, 2.45) is 0 Å². The number of fused-ring (bicyclic) bond motifs is 1. The molecule has 24 heavy (non-hydrogen) atoms. The number of aryl methyl sites for hydroxylation is 2. The number of rotatable bonds is 5. The molecule has 2 aromatic carbocycles. The minimum atomic E-state index is -3.43. The van der Waals surface area contributed by atoms with Crippen LogP contribution in [0.3, 0.4) is 0 Å². The van der Waals surface area contributed by atoms with E-state index in [1.54, 1.807) is 24.3 Å². The van der Waals surface area contributed by atoms with E-state index in [2.05, 4.69) is 11.4 Å². The average molecular weight is 343 g/mol. The van der Waals surface area contributed by atoms with Crippen molar-refractivity contribution in [2.75, 3.05) is 5.75 Å². The number of hydrogen-bond donors (Lipinski definition) is 1. The van der Waals surface area contributed by atoms with Gasteiger partial charge in [0.1, 0.15) is 0 Å². The van der Waals surface area contributed by atoms with Gasteiger partial charge in [-0.1, -0.05) is 42.0 Å². The molecule has 0 unspecified atom stereocenters. The Morgan fingerprint density at radius 1 is 1.12 bits per heavy atom. The Balaban J connectivity index is 1.59. The summed E-state index contributed by atoms with van der Waals surface area (Å²) in [6, 6.07) is 14.8. The Kier molecular flexibility index (Phi) is 4.71. The van der Waals surface area contributed by atoms with Gasteiger partial charge in [-0.15, -0.1) is 0 Å². The molecule has 0 aromatic heterocycles. The summed E-state index contributed by atoms with van der Waals surface area (Å²) in [4.78, 5) is 12.4. The minimum absolute atomic E-state index is 0.00391. The van der Waals surface area contributed by atoms with Gasteiger partial charge < -0.3 is 5.32 Å². The molecule has 1 atom stereocenters. The van der Waals surface area contributed by atoms with Gasteiger partial charge in [-0.3, -0.25) is 4.79 Å². The molecule has 3 rings (SSSR count). The molecule has 1 N–H and O–H groups in total. The van der Waals surface area contributed by atoms with Gasteiger partial charge in [-0.25, -0.2) is 8.42 Å². The lowest BCUT2D eigenvalue weighted by Crippen LogP contribution is -2.28. The summed E-state index contributed by atoms with van der Waals surface area (Å²) in [6.45, 7) is 1.91. The molecule has 1 aliphatic carbocycles. The van der Waals surface area contributed by atoms with Crippen LogP contribution in [0.1, 0.15) is 35.6 Å². The zero-order valence-corrected chi connectivity index (χ0v) is 14.5. The van der Waals surface area contributed by atoms with E-state index in [4.69, 9.17) is 0 Å². The molecular formula is C19H21NO3S. The summed E-state index contributed by atoms with van der Waals surface area (Å²) in [5.41, 5.74) is 3.41. The van der Waals surface area contributed by atoms with Crippen LogP contribution in [-0.4, -0.2) is 20.1 Å². The Morgan fingerprint density at radius 2 is 1.83 bits per heavy atom. The van der Waals surface area contributed by atoms with Gasteiger partial charge in [0.2, 0.25) is 5.91 Å². The van der Waals surface area contributed by atoms with Crippen LogP contribution in [0.4, 0.5) is 0 Å². The average Bonchev–Trinajstić information content (AvgIpc) is 2.97. The molecule has 0 saturated heterocycles. The fourth-order valence-corrected chi connectivity index (χ4v) is 4.30. The lowest BCUT2D eigenvalue weighted by Gasteiger charge is -2.14. The van der Waals surface area contributed by atoms with E-state index in [1.807, 2.05) is 25.1 Å². The zero-order chi connectivity index (χ0) is 17.2. The van der Waals surface area contributed by atoms with Gasteiger partial charge in [0.25, 0.3) is 0 Å². The lowest BCUT2D eigenvalue weighted by atomic mass is 10.1. The van der Waals surface area contributed by atoms with E-state index in [1.165, 1.54) is 5.56 Å². The van der Waals surface area contributed by atoms with Crippen molar-refractivity contribution in [1.29, 1.82) is 0 Å². The highest BCUT2D eigenvalue weighted by Gasteiger charge is 2.24. The quantitative estimate of drug-likeness (QED) is 0.908. The lowest BCUT2D eigenvalue weighted by molar-refractivity contribution is -0.121. The molecule has 1 aliphatic rings.